The summed E-state index contributed by atoms with van der Waals surface area (Å²) >= 11 is 0. The number of carbonyl (C=O) groups is 2. The number of carboxylic acid groups (broad SMARTS) is 1. The number of carboxylic acids is 1. The van der Waals surface area contributed by atoms with Gasteiger partial charge in [0.1, 0.15) is 6.10 Å². The van der Waals surface area contributed by atoms with E-state index in [1.54, 1.807) is 0 Å². The van der Waals surface area contributed by atoms with E-state index >= 15 is 0 Å². The van der Waals surface area contributed by atoms with Crippen LogP contribution in [0.1, 0.15) is 174 Å². The Kier molecular flexibility index (Phi) is 25.7. The summed E-state index contributed by atoms with van der Waals surface area (Å²) < 4.78 is 5.53. The number of hydrogen-bond donors (Lipinski definition) is 1. The molecule has 0 aliphatic rings. The highest BCUT2D eigenvalue weighted by Gasteiger charge is 2.17. The maximum Gasteiger partial charge on any atom is 0.307 e. The molecule has 4 heteroatoms. The molecular formula is C30H58O4. The molecule has 0 saturated heterocycles. The lowest BCUT2D eigenvalue weighted by Crippen LogP contribution is -2.21. The summed E-state index contributed by atoms with van der Waals surface area (Å²) in [6.45, 7) is 4.50. The molecule has 0 fully saturated rings. The Morgan fingerprint density at radius 1 is 0.559 bits per heavy atom. The van der Waals surface area contributed by atoms with E-state index in [-0.39, 0.29) is 12.4 Å². The quantitative estimate of drug-likeness (QED) is 0.0934. The van der Waals surface area contributed by atoms with Crippen molar-refractivity contribution in [3.05, 3.63) is 0 Å². The standard InChI is InChI=1S/C30H58O4/c1-3-5-7-9-11-13-15-17-19-21-23-25-28(27-29(31)32)34-30(33)26-24-22-20-18-16-14-12-10-8-6-4-2/h28H,3-27H2,1-2H3,(H,31,32). The van der Waals surface area contributed by atoms with Gasteiger partial charge in [0.25, 0.3) is 0 Å². The Hall–Kier alpha value is -1.06. The molecule has 0 aliphatic carbocycles. The molecule has 1 atom stereocenters. The molecule has 0 aromatic heterocycles. The van der Waals surface area contributed by atoms with Crippen LogP contribution in [0.3, 0.4) is 0 Å². The fourth-order valence-corrected chi connectivity index (χ4v) is 4.61. The maximum atomic E-state index is 12.2. The summed E-state index contributed by atoms with van der Waals surface area (Å²) in [5.74, 6) is -1.10. The van der Waals surface area contributed by atoms with E-state index in [9.17, 15) is 9.59 Å². The number of aliphatic carboxylic acids is 1. The van der Waals surface area contributed by atoms with Crippen molar-refractivity contribution < 1.29 is 19.4 Å². The summed E-state index contributed by atoms with van der Waals surface area (Å²) in [5.41, 5.74) is 0. The van der Waals surface area contributed by atoms with Gasteiger partial charge in [0.15, 0.2) is 0 Å². The van der Waals surface area contributed by atoms with Crippen LogP contribution in [-0.2, 0) is 14.3 Å². The van der Waals surface area contributed by atoms with Gasteiger partial charge in [-0.25, -0.2) is 0 Å². The van der Waals surface area contributed by atoms with Gasteiger partial charge in [-0.2, -0.15) is 0 Å². The van der Waals surface area contributed by atoms with E-state index in [1.807, 2.05) is 0 Å². The van der Waals surface area contributed by atoms with Crippen molar-refractivity contribution in [1.29, 1.82) is 0 Å². The molecule has 0 aromatic rings. The Morgan fingerprint density at radius 2 is 0.912 bits per heavy atom. The van der Waals surface area contributed by atoms with Crippen molar-refractivity contribution in [2.45, 2.75) is 180 Å². The monoisotopic (exact) mass is 482 g/mol. The van der Waals surface area contributed by atoms with E-state index in [2.05, 4.69) is 13.8 Å². The van der Waals surface area contributed by atoms with Crippen molar-refractivity contribution in [3.63, 3.8) is 0 Å². The average molecular weight is 483 g/mol. The second kappa shape index (κ2) is 26.5. The molecular weight excluding hydrogens is 424 g/mol. The Bertz CT molecular complexity index is 449. The predicted octanol–water partition coefficient (Wildman–Crippen LogP) is 9.78. The molecule has 1 unspecified atom stereocenters. The summed E-state index contributed by atoms with van der Waals surface area (Å²) in [5, 5.41) is 9.16. The van der Waals surface area contributed by atoms with Gasteiger partial charge < -0.3 is 9.84 Å². The molecule has 34 heavy (non-hydrogen) atoms. The third-order valence-electron chi connectivity index (χ3n) is 6.81. The smallest absolute Gasteiger partial charge is 0.307 e. The molecule has 0 amide bonds. The molecule has 0 saturated carbocycles. The van der Waals surface area contributed by atoms with Crippen LogP contribution in [0.4, 0.5) is 0 Å². The fraction of sp³-hybridized carbons (Fsp3) is 0.933. The zero-order valence-electron chi connectivity index (χ0n) is 22.9. The third-order valence-corrected chi connectivity index (χ3v) is 6.81. The topological polar surface area (TPSA) is 63.6 Å². The van der Waals surface area contributed by atoms with Gasteiger partial charge in [0.05, 0.1) is 6.42 Å². The largest absolute Gasteiger partial charge is 0.481 e. The van der Waals surface area contributed by atoms with Crippen molar-refractivity contribution in [2.24, 2.45) is 0 Å². The van der Waals surface area contributed by atoms with Crippen LogP contribution < -0.4 is 0 Å². The second-order valence-electron chi connectivity index (χ2n) is 10.3. The first kappa shape index (κ1) is 32.9. The molecule has 0 aliphatic heterocycles. The minimum absolute atomic E-state index is 0.0677. The molecule has 0 rings (SSSR count). The number of unbranched alkanes of at least 4 members (excludes halogenated alkanes) is 20. The zero-order chi connectivity index (χ0) is 25.1. The minimum atomic E-state index is -0.879. The second-order valence-corrected chi connectivity index (χ2v) is 10.3. The molecule has 0 radical (unpaired) electrons. The molecule has 202 valence electrons. The van der Waals surface area contributed by atoms with Crippen LogP contribution in [0, 0.1) is 0 Å². The van der Waals surface area contributed by atoms with Crippen LogP contribution in [0.2, 0.25) is 0 Å². The highest BCUT2D eigenvalue weighted by Crippen LogP contribution is 2.16. The number of esters is 1. The van der Waals surface area contributed by atoms with Gasteiger partial charge in [0, 0.05) is 6.42 Å². The van der Waals surface area contributed by atoms with E-state index in [4.69, 9.17) is 9.84 Å². The molecule has 1 N–H and O–H groups in total. The normalized spacial score (nSPS) is 12.1. The average Bonchev–Trinajstić information content (AvgIpc) is 2.80. The lowest BCUT2D eigenvalue weighted by Gasteiger charge is -2.16. The fourth-order valence-electron chi connectivity index (χ4n) is 4.61. The number of ether oxygens (including phenoxy) is 1. The van der Waals surface area contributed by atoms with E-state index in [0.29, 0.717) is 12.8 Å². The first-order valence-corrected chi connectivity index (χ1v) is 15.0. The van der Waals surface area contributed by atoms with E-state index in [0.717, 1.165) is 25.7 Å². The first-order chi connectivity index (χ1) is 16.6. The van der Waals surface area contributed by atoms with Gasteiger partial charge >= 0.3 is 11.9 Å². The highest BCUT2D eigenvalue weighted by atomic mass is 16.5. The molecule has 0 bridgehead atoms. The van der Waals surface area contributed by atoms with Crippen LogP contribution in [0.15, 0.2) is 0 Å². The maximum absolute atomic E-state index is 12.2. The van der Waals surface area contributed by atoms with E-state index < -0.39 is 12.1 Å². The van der Waals surface area contributed by atoms with Crippen molar-refractivity contribution in [2.75, 3.05) is 0 Å². The van der Waals surface area contributed by atoms with Crippen LogP contribution >= 0.6 is 0 Å². The Morgan fingerprint density at radius 3 is 1.29 bits per heavy atom. The Balaban J connectivity index is 3.70. The van der Waals surface area contributed by atoms with Crippen molar-refractivity contribution in [3.8, 4) is 0 Å². The number of carbonyl (C=O) groups excluding carboxylic acids is 1. The SMILES string of the molecule is CCCCCCCCCCCCCC(=O)OC(CCCCCCCCCCCCC)CC(=O)O. The lowest BCUT2D eigenvalue weighted by atomic mass is 10.0. The Labute approximate surface area is 212 Å². The van der Waals surface area contributed by atoms with Crippen LogP contribution in [0.25, 0.3) is 0 Å². The lowest BCUT2D eigenvalue weighted by molar-refractivity contribution is -0.153. The van der Waals surface area contributed by atoms with Crippen molar-refractivity contribution in [1.82, 2.24) is 0 Å². The summed E-state index contributed by atoms with van der Waals surface area (Å²) in [6.07, 6.45) is 28.2. The van der Waals surface area contributed by atoms with Crippen molar-refractivity contribution >= 4 is 11.9 Å². The predicted molar refractivity (Wildman–Crippen MR) is 144 cm³/mol. The molecule has 4 nitrogen and oxygen atoms in total. The van der Waals surface area contributed by atoms with Gasteiger partial charge in [0.2, 0.25) is 0 Å². The minimum Gasteiger partial charge on any atom is -0.481 e. The third kappa shape index (κ3) is 25.6. The first-order valence-electron chi connectivity index (χ1n) is 15.0. The molecule has 0 spiro atoms. The van der Waals surface area contributed by atoms with Crippen LogP contribution in [0.5, 0.6) is 0 Å². The highest BCUT2D eigenvalue weighted by molar-refractivity contribution is 5.71. The number of rotatable bonds is 27. The van der Waals surface area contributed by atoms with Gasteiger partial charge in [-0.05, 0) is 19.3 Å². The summed E-state index contributed by atoms with van der Waals surface area (Å²) in [4.78, 5) is 23.3. The van der Waals surface area contributed by atoms with Gasteiger partial charge in [-0.1, -0.05) is 142 Å². The van der Waals surface area contributed by atoms with Gasteiger partial charge in [-0.3, -0.25) is 9.59 Å². The van der Waals surface area contributed by atoms with Crippen LogP contribution in [-0.4, -0.2) is 23.1 Å². The summed E-state index contributed by atoms with van der Waals surface area (Å²) in [7, 11) is 0. The van der Waals surface area contributed by atoms with E-state index in [1.165, 1.54) is 116 Å². The van der Waals surface area contributed by atoms with Gasteiger partial charge in [-0.15, -0.1) is 0 Å². The number of hydrogen-bond acceptors (Lipinski definition) is 3. The summed E-state index contributed by atoms with van der Waals surface area (Å²) in [6, 6.07) is 0. The molecule has 0 heterocycles. The zero-order valence-corrected chi connectivity index (χ0v) is 22.9. The molecule has 0 aromatic carbocycles.